The summed E-state index contributed by atoms with van der Waals surface area (Å²) < 4.78 is 39.1. The quantitative estimate of drug-likeness (QED) is 0.594. The zero-order valence-corrected chi connectivity index (χ0v) is 11.8. The van der Waals surface area contributed by atoms with E-state index in [2.05, 4.69) is 4.72 Å². The van der Waals surface area contributed by atoms with Gasteiger partial charge < -0.3 is 5.73 Å². The molecule has 0 atom stereocenters. The number of benzene rings is 1. The van der Waals surface area contributed by atoms with E-state index in [4.69, 9.17) is 5.73 Å². The SMILES string of the molecule is CSCCCCNS(=O)(=O)c1ccc(F)c(N)c1. The van der Waals surface area contributed by atoms with Gasteiger partial charge in [0.2, 0.25) is 10.0 Å². The highest BCUT2D eigenvalue weighted by molar-refractivity contribution is 7.98. The maximum Gasteiger partial charge on any atom is 0.240 e. The van der Waals surface area contributed by atoms with E-state index in [0.717, 1.165) is 30.7 Å². The van der Waals surface area contributed by atoms with Crippen molar-refractivity contribution in [3.8, 4) is 0 Å². The molecule has 0 heterocycles. The molecule has 0 saturated heterocycles. The molecule has 0 spiro atoms. The molecule has 0 unspecified atom stereocenters. The van der Waals surface area contributed by atoms with Gasteiger partial charge in [-0.15, -0.1) is 0 Å². The number of nitrogen functional groups attached to an aromatic ring is 1. The Labute approximate surface area is 111 Å². The number of nitrogens with one attached hydrogen (secondary N) is 1. The minimum absolute atomic E-state index is 0.00809. The van der Waals surface area contributed by atoms with Gasteiger partial charge in [-0.1, -0.05) is 0 Å². The number of anilines is 1. The van der Waals surface area contributed by atoms with Crippen molar-refractivity contribution in [3.05, 3.63) is 24.0 Å². The van der Waals surface area contributed by atoms with Crippen LogP contribution in [0, 0.1) is 5.82 Å². The molecular weight excluding hydrogens is 275 g/mol. The molecule has 1 rings (SSSR count). The first-order valence-corrected chi connectivity index (χ1v) is 8.38. The van der Waals surface area contributed by atoms with Crippen LogP contribution in [0.5, 0.6) is 0 Å². The molecule has 0 amide bonds. The van der Waals surface area contributed by atoms with Gasteiger partial charge in [-0.2, -0.15) is 11.8 Å². The molecule has 0 radical (unpaired) electrons. The van der Waals surface area contributed by atoms with Crippen molar-refractivity contribution in [2.75, 3.05) is 24.3 Å². The molecule has 0 bridgehead atoms. The summed E-state index contributed by atoms with van der Waals surface area (Å²) in [6.45, 7) is 0.375. The first-order chi connectivity index (χ1) is 8.47. The molecule has 0 saturated carbocycles. The zero-order chi connectivity index (χ0) is 13.6. The van der Waals surface area contributed by atoms with E-state index in [9.17, 15) is 12.8 Å². The monoisotopic (exact) mass is 292 g/mol. The van der Waals surface area contributed by atoms with Crippen molar-refractivity contribution in [2.24, 2.45) is 0 Å². The Morgan fingerprint density at radius 3 is 2.72 bits per heavy atom. The molecule has 18 heavy (non-hydrogen) atoms. The summed E-state index contributed by atoms with van der Waals surface area (Å²) >= 11 is 1.72. The molecule has 3 N–H and O–H groups in total. The van der Waals surface area contributed by atoms with E-state index in [1.165, 1.54) is 6.07 Å². The van der Waals surface area contributed by atoms with Gasteiger partial charge in [0.15, 0.2) is 0 Å². The fourth-order valence-electron chi connectivity index (χ4n) is 1.35. The molecule has 0 fully saturated rings. The largest absolute Gasteiger partial charge is 0.396 e. The number of thioether (sulfide) groups is 1. The number of unbranched alkanes of at least 4 members (excludes halogenated alkanes) is 1. The van der Waals surface area contributed by atoms with Crippen LogP contribution in [0.4, 0.5) is 10.1 Å². The average molecular weight is 292 g/mol. The summed E-state index contributed by atoms with van der Waals surface area (Å²) in [4.78, 5) is -0.00809. The van der Waals surface area contributed by atoms with Gasteiger partial charge in [-0.25, -0.2) is 17.5 Å². The molecule has 102 valence electrons. The summed E-state index contributed by atoms with van der Waals surface area (Å²) in [5.41, 5.74) is 5.18. The smallest absolute Gasteiger partial charge is 0.240 e. The fraction of sp³-hybridized carbons (Fsp3) is 0.455. The molecule has 1 aromatic carbocycles. The Kier molecular flexibility index (Phi) is 5.90. The first kappa shape index (κ1) is 15.3. The van der Waals surface area contributed by atoms with Crippen LogP contribution in [0.1, 0.15) is 12.8 Å². The number of sulfonamides is 1. The molecule has 1 aromatic rings. The molecule has 0 aromatic heterocycles. The molecular formula is C11H17FN2O2S2. The second-order valence-electron chi connectivity index (χ2n) is 3.78. The van der Waals surface area contributed by atoms with Crippen molar-refractivity contribution >= 4 is 27.5 Å². The van der Waals surface area contributed by atoms with E-state index in [1.807, 2.05) is 6.26 Å². The number of rotatable bonds is 7. The van der Waals surface area contributed by atoms with Crippen molar-refractivity contribution in [3.63, 3.8) is 0 Å². The number of nitrogens with two attached hydrogens (primary N) is 1. The highest BCUT2D eigenvalue weighted by Crippen LogP contribution is 2.16. The molecule has 0 aliphatic carbocycles. The van der Waals surface area contributed by atoms with Gasteiger partial charge >= 0.3 is 0 Å². The van der Waals surface area contributed by atoms with Gasteiger partial charge in [0.05, 0.1) is 10.6 Å². The van der Waals surface area contributed by atoms with Gasteiger partial charge in [0.25, 0.3) is 0 Å². The predicted molar refractivity (Wildman–Crippen MR) is 73.6 cm³/mol. The lowest BCUT2D eigenvalue weighted by Crippen LogP contribution is -2.25. The lowest BCUT2D eigenvalue weighted by molar-refractivity contribution is 0.578. The summed E-state index contributed by atoms with van der Waals surface area (Å²) in [7, 11) is -3.59. The van der Waals surface area contributed by atoms with Gasteiger partial charge in [0, 0.05) is 6.54 Å². The Balaban J connectivity index is 2.60. The van der Waals surface area contributed by atoms with Crippen LogP contribution in [0.25, 0.3) is 0 Å². The van der Waals surface area contributed by atoms with Crippen LogP contribution >= 0.6 is 11.8 Å². The molecule has 0 aliphatic heterocycles. The van der Waals surface area contributed by atoms with Crippen LogP contribution < -0.4 is 10.5 Å². The third kappa shape index (κ3) is 4.47. The van der Waals surface area contributed by atoms with E-state index in [0.29, 0.717) is 6.54 Å². The minimum atomic E-state index is -3.59. The average Bonchev–Trinajstić information content (AvgIpc) is 2.32. The summed E-state index contributed by atoms with van der Waals surface area (Å²) in [6.07, 6.45) is 3.73. The van der Waals surface area contributed by atoms with E-state index in [-0.39, 0.29) is 10.6 Å². The van der Waals surface area contributed by atoms with Gasteiger partial charge in [-0.05, 0) is 43.0 Å². The minimum Gasteiger partial charge on any atom is -0.396 e. The van der Waals surface area contributed by atoms with Crippen molar-refractivity contribution in [1.82, 2.24) is 4.72 Å². The maximum atomic E-state index is 12.9. The van der Waals surface area contributed by atoms with Crippen LogP contribution in [0.2, 0.25) is 0 Å². The number of hydrogen-bond donors (Lipinski definition) is 2. The van der Waals surface area contributed by atoms with Gasteiger partial charge in [0.1, 0.15) is 5.82 Å². The summed E-state index contributed by atoms with van der Waals surface area (Å²) in [5.74, 6) is 0.388. The third-order valence-corrected chi connectivity index (χ3v) is 4.50. The van der Waals surface area contributed by atoms with Crippen LogP contribution in [-0.4, -0.2) is 27.0 Å². The molecule has 4 nitrogen and oxygen atoms in total. The predicted octanol–water partition coefficient (Wildman–Crippen LogP) is 1.83. The van der Waals surface area contributed by atoms with Crippen molar-refractivity contribution < 1.29 is 12.8 Å². The van der Waals surface area contributed by atoms with Crippen LogP contribution in [0.3, 0.4) is 0 Å². The number of halogens is 1. The van der Waals surface area contributed by atoms with Crippen molar-refractivity contribution in [1.29, 1.82) is 0 Å². The normalized spacial score (nSPS) is 11.7. The van der Waals surface area contributed by atoms with Crippen LogP contribution in [-0.2, 0) is 10.0 Å². The second kappa shape index (κ2) is 6.96. The lowest BCUT2D eigenvalue weighted by atomic mass is 10.3. The van der Waals surface area contributed by atoms with E-state index < -0.39 is 15.8 Å². The highest BCUT2D eigenvalue weighted by atomic mass is 32.2. The Morgan fingerprint density at radius 1 is 1.39 bits per heavy atom. The Morgan fingerprint density at radius 2 is 2.11 bits per heavy atom. The lowest BCUT2D eigenvalue weighted by Gasteiger charge is -2.07. The van der Waals surface area contributed by atoms with Crippen LogP contribution in [0.15, 0.2) is 23.1 Å². The molecule has 0 aliphatic rings. The van der Waals surface area contributed by atoms with E-state index >= 15 is 0 Å². The maximum absolute atomic E-state index is 12.9. The Hall–Kier alpha value is -0.790. The highest BCUT2D eigenvalue weighted by Gasteiger charge is 2.14. The first-order valence-electron chi connectivity index (χ1n) is 5.51. The van der Waals surface area contributed by atoms with Gasteiger partial charge in [-0.3, -0.25) is 0 Å². The topological polar surface area (TPSA) is 72.2 Å². The van der Waals surface area contributed by atoms with Crippen molar-refractivity contribution in [2.45, 2.75) is 17.7 Å². The third-order valence-electron chi connectivity index (χ3n) is 2.35. The van der Waals surface area contributed by atoms with E-state index in [1.54, 1.807) is 11.8 Å². The second-order valence-corrected chi connectivity index (χ2v) is 6.53. The molecule has 7 heteroatoms. The summed E-state index contributed by atoms with van der Waals surface area (Å²) in [6, 6.07) is 3.38. The standard InChI is InChI=1S/C11H17FN2O2S2/c1-17-7-3-2-6-14-18(15,16)9-4-5-10(12)11(13)8-9/h4-5,8,14H,2-3,6-7,13H2,1H3. The summed E-state index contributed by atoms with van der Waals surface area (Å²) in [5, 5.41) is 0. The fourth-order valence-corrected chi connectivity index (χ4v) is 2.95. The zero-order valence-electron chi connectivity index (χ0n) is 10.1. The Bertz CT molecular complexity index is 492. The number of hydrogen-bond acceptors (Lipinski definition) is 4.